The number of hydrogen-bond donors (Lipinski definition) is 4. The molecule has 1 aromatic carbocycles. The van der Waals surface area contributed by atoms with Crippen LogP contribution in [0.5, 0.6) is 0 Å². The SMILES string of the molecule is CCc1c([Si](O)(O)O)cccc1S(=O)(=O)O. The van der Waals surface area contributed by atoms with E-state index in [0.717, 1.165) is 6.07 Å². The molecule has 0 aliphatic heterocycles. The monoisotopic (exact) mass is 264 g/mol. The van der Waals surface area contributed by atoms with Crippen LogP contribution in [0.1, 0.15) is 12.5 Å². The van der Waals surface area contributed by atoms with Crippen LogP contribution in [0.25, 0.3) is 0 Å². The molecule has 0 unspecified atom stereocenters. The molecule has 6 nitrogen and oxygen atoms in total. The van der Waals surface area contributed by atoms with Gasteiger partial charge in [0.15, 0.2) is 0 Å². The van der Waals surface area contributed by atoms with E-state index in [9.17, 15) is 8.42 Å². The van der Waals surface area contributed by atoms with Crippen molar-refractivity contribution in [3.8, 4) is 0 Å². The van der Waals surface area contributed by atoms with Gasteiger partial charge in [0, 0.05) is 5.19 Å². The van der Waals surface area contributed by atoms with Crippen molar-refractivity contribution in [1.82, 2.24) is 0 Å². The van der Waals surface area contributed by atoms with Gasteiger partial charge >= 0.3 is 8.80 Å². The van der Waals surface area contributed by atoms with E-state index < -0.39 is 23.8 Å². The van der Waals surface area contributed by atoms with E-state index in [4.69, 9.17) is 18.9 Å². The molecule has 0 radical (unpaired) electrons. The molecule has 1 rings (SSSR count). The standard InChI is InChI=1S/C8H12O6SSi/c1-2-6-7(15(9,10)11)4-3-5-8(6)16(12,13)14/h3-5,12-14H,2H2,1H3,(H,9,10,11). The highest BCUT2D eigenvalue weighted by atomic mass is 32.2. The van der Waals surface area contributed by atoms with E-state index >= 15 is 0 Å². The Balaban J connectivity index is 3.57. The maximum atomic E-state index is 11.0. The van der Waals surface area contributed by atoms with Crippen LogP contribution in [0.4, 0.5) is 0 Å². The molecule has 0 saturated carbocycles. The van der Waals surface area contributed by atoms with Crippen LogP contribution in [0.3, 0.4) is 0 Å². The van der Waals surface area contributed by atoms with Gasteiger partial charge in [-0.1, -0.05) is 19.1 Å². The van der Waals surface area contributed by atoms with Gasteiger partial charge in [0.2, 0.25) is 0 Å². The van der Waals surface area contributed by atoms with E-state index in [1.807, 2.05) is 0 Å². The smallest absolute Gasteiger partial charge is 0.386 e. The molecule has 0 amide bonds. The first kappa shape index (κ1) is 13.3. The first-order valence-electron chi connectivity index (χ1n) is 4.45. The van der Waals surface area contributed by atoms with Gasteiger partial charge in [-0.25, -0.2) is 0 Å². The first-order chi connectivity index (χ1) is 7.18. The molecule has 1 aromatic rings. The lowest BCUT2D eigenvalue weighted by Gasteiger charge is -2.15. The van der Waals surface area contributed by atoms with Gasteiger partial charge in [-0.05, 0) is 18.1 Å². The molecule has 4 N–H and O–H groups in total. The van der Waals surface area contributed by atoms with Crippen molar-refractivity contribution < 1.29 is 27.4 Å². The Hall–Kier alpha value is -0.773. The fourth-order valence-electron chi connectivity index (χ4n) is 1.49. The molecule has 0 saturated heterocycles. The summed E-state index contributed by atoms with van der Waals surface area (Å²) in [5.41, 5.74) is 0.0177. The number of benzene rings is 1. The summed E-state index contributed by atoms with van der Waals surface area (Å²) in [5.74, 6) is 0. The van der Waals surface area contributed by atoms with E-state index in [-0.39, 0.29) is 17.2 Å². The van der Waals surface area contributed by atoms with Crippen LogP contribution < -0.4 is 5.19 Å². The highest BCUT2D eigenvalue weighted by Gasteiger charge is 2.34. The highest BCUT2D eigenvalue weighted by Crippen LogP contribution is 2.15. The topological polar surface area (TPSA) is 115 Å². The molecule has 0 aromatic heterocycles. The Morgan fingerprint density at radius 1 is 1.25 bits per heavy atom. The van der Waals surface area contributed by atoms with Gasteiger partial charge in [-0.15, -0.1) is 0 Å². The first-order valence-corrected chi connectivity index (χ1v) is 7.73. The summed E-state index contributed by atoms with van der Waals surface area (Å²) in [4.78, 5) is 27.1. The van der Waals surface area contributed by atoms with Crippen LogP contribution in [-0.4, -0.2) is 36.2 Å². The zero-order valence-corrected chi connectivity index (χ0v) is 10.3. The summed E-state index contributed by atoms with van der Waals surface area (Å²) in [5, 5.41) is -0.231. The summed E-state index contributed by atoms with van der Waals surface area (Å²) in [6.45, 7) is 1.58. The zero-order valence-electron chi connectivity index (χ0n) is 8.45. The third-order valence-corrected chi connectivity index (χ3v) is 4.26. The molecule has 0 heterocycles. The molecular weight excluding hydrogens is 252 g/mol. The lowest BCUT2D eigenvalue weighted by molar-refractivity contribution is 0.249. The van der Waals surface area contributed by atoms with Gasteiger partial charge < -0.3 is 14.4 Å². The van der Waals surface area contributed by atoms with Crippen LogP contribution >= 0.6 is 0 Å². The number of hydrogen-bond acceptors (Lipinski definition) is 5. The van der Waals surface area contributed by atoms with Gasteiger partial charge in [-0.2, -0.15) is 8.42 Å². The Morgan fingerprint density at radius 3 is 2.19 bits per heavy atom. The fourth-order valence-corrected chi connectivity index (χ4v) is 3.43. The molecule has 0 spiro atoms. The summed E-state index contributed by atoms with van der Waals surface area (Å²) in [7, 11) is -9.02. The largest absolute Gasteiger partial charge is 0.529 e. The molecule has 0 atom stereocenters. The molecule has 8 heteroatoms. The van der Waals surface area contributed by atoms with Crippen molar-refractivity contribution in [2.24, 2.45) is 0 Å². The molecule has 16 heavy (non-hydrogen) atoms. The fraction of sp³-hybridized carbons (Fsp3) is 0.250. The second-order valence-corrected chi connectivity index (χ2v) is 6.45. The minimum atomic E-state index is -4.58. The second-order valence-electron chi connectivity index (χ2n) is 3.25. The van der Waals surface area contributed by atoms with Crippen molar-refractivity contribution in [1.29, 1.82) is 0 Å². The van der Waals surface area contributed by atoms with Crippen LogP contribution in [0.15, 0.2) is 23.1 Å². The zero-order chi connectivity index (χ0) is 12.6. The normalized spacial score (nSPS) is 12.8. The van der Waals surface area contributed by atoms with Gasteiger partial charge in [-0.3, -0.25) is 4.55 Å². The van der Waals surface area contributed by atoms with Gasteiger partial charge in [0.05, 0.1) is 4.90 Å². The van der Waals surface area contributed by atoms with Gasteiger partial charge in [0.25, 0.3) is 10.1 Å². The minimum absolute atomic E-state index is 0.0177. The van der Waals surface area contributed by atoms with Crippen molar-refractivity contribution in [3.63, 3.8) is 0 Å². The van der Waals surface area contributed by atoms with Gasteiger partial charge in [0.1, 0.15) is 0 Å². The van der Waals surface area contributed by atoms with Crippen molar-refractivity contribution in [2.45, 2.75) is 18.2 Å². The third-order valence-electron chi connectivity index (χ3n) is 2.13. The van der Waals surface area contributed by atoms with Crippen LogP contribution in [0.2, 0.25) is 0 Å². The summed E-state index contributed by atoms with van der Waals surface area (Å²) in [6.07, 6.45) is 0.141. The molecule has 0 aliphatic rings. The Labute approximate surface area is 93.9 Å². The average molecular weight is 264 g/mol. The Bertz CT molecular complexity index is 490. The average Bonchev–Trinajstić information content (AvgIpc) is 2.13. The molecule has 90 valence electrons. The quantitative estimate of drug-likeness (QED) is 0.395. The summed E-state index contributed by atoms with van der Waals surface area (Å²) in [6, 6.07) is 3.58. The van der Waals surface area contributed by atoms with E-state index in [2.05, 4.69) is 0 Å². The maximum Gasteiger partial charge on any atom is 0.529 e. The molecule has 0 aliphatic carbocycles. The van der Waals surface area contributed by atoms with Crippen molar-refractivity contribution in [2.75, 3.05) is 0 Å². The second kappa shape index (κ2) is 4.24. The number of rotatable bonds is 3. The maximum absolute atomic E-state index is 11.0. The lowest BCUT2D eigenvalue weighted by Crippen LogP contribution is -2.50. The predicted octanol–water partition coefficient (Wildman–Crippen LogP) is -1.38. The van der Waals surface area contributed by atoms with E-state index in [1.165, 1.54) is 12.1 Å². The van der Waals surface area contributed by atoms with Crippen molar-refractivity contribution in [3.05, 3.63) is 23.8 Å². The minimum Gasteiger partial charge on any atom is -0.386 e. The highest BCUT2D eigenvalue weighted by molar-refractivity contribution is 7.85. The summed E-state index contributed by atoms with van der Waals surface area (Å²) >= 11 is 0. The van der Waals surface area contributed by atoms with E-state index in [0.29, 0.717) is 0 Å². The van der Waals surface area contributed by atoms with Crippen LogP contribution in [0, 0.1) is 0 Å². The predicted molar refractivity (Wildman–Crippen MR) is 57.7 cm³/mol. The summed E-state index contributed by atoms with van der Waals surface area (Å²) < 4.78 is 31.0. The molecule has 0 bridgehead atoms. The third kappa shape index (κ3) is 2.67. The van der Waals surface area contributed by atoms with Crippen molar-refractivity contribution >= 4 is 24.1 Å². The Kier molecular flexibility index (Phi) is 3.52. The molecular formula is C8H12O6SSi. The molecule has 0 fully saturated rings. The Morgan fingerprint density at radius 2 is 1.81 bits per heavy atom. The van der Waals surface area contributed by atoms with E-state index in [1.54, 1.807) is 6.92 Å². The van der Waals surface area contributed by atoms with Crippen LogP contribution in [-0.2, 0) is 16.5 Å². The lowest BCUT2D eigenvalue weighted by atomic mass is 10.2.